The monoisotopic (exact) mass is 427 g/mol. The molecule has 2 aliphatic heterocycles. The molecular weight excluding hydrogens is 402 g/mol. The van der Waals surface area contributed by atoms with Crippen molar-refractivity contribution in [3.8, 4) is 11.5 Å². The molecule has 0 atom stereocenters. The van der Waals surface area contributed by atoms with E-state index in [0.717, 1.165) is 11.3 Å². The average molecular weight is 428 g/mol. The van der Waals surface area contributed by atoms with Gasteiger partial charge in [0.2, 0.25) is 5.91 Å². The molecule has 2 aromatic rings. The summed E-state index contributed by atoms with van der Waals surface area (Å²) in [6.07, 6.45) is 2.79. The molecule has 2 heterocycles. The zero-order valence-corrected chi connectivity index (χ0v) is 17.9. The van der Waals surface area contributed by atoms with Gasteiger partial charge in [0, 0.05) is 37.4 Å². The largest absolute Gasteiger partial charge is 0.494 e. The lowest BCUT2D eigenvalue weighted by molar-refractivity contribution is -0.135. The number of likely N-dealkylation sites (tertiary alicyclic amines) is 1. The molecule has 0 bridgehead atoms. The first kappa shape index (κ1) is 20.7. The molecule has 1 saturated heterocycles. The number of ether oxygens (including phenoxy) is 2. The number of hydrogen-bond donors (Lipinski definition) is 0. The zero-order valence-electron chi connectivity index (χ0n) is 17.2. The second kappa shape index (κ2) is 8.68. The molecule has 2 aromatic carbocycles. The van der Waals surface area contributed by atoms with Crippen LogP contribution in [0.5, 0.6) is 11.5 Å². The minimum atomic E-state index is -0.516. The Labute approximate surface area is 181 Å². The Morgan fingerprint density at radius 3 is 2.67 bits per heavy atom. The van der Waals surface area contributed by atoms with Gasteiger partial charge in [0.1, 0.15) is 17.1 Å². The second-order valence-electron chi connectivity index (χ2n) is 8.13. The number of amides is 1. The fraction of sp³-hybridized carbons (Fsp3) is 0.417. The van der Waals surface area contributed by atoms with Crippen LogP contribution in [0.25, 0.3) is 0 Å². The molecule has 0 radical (unpaired) electrons. The zero-order chi connectivity index (χ0) is 21.1. The number of aryl methyl sites for hydroxylation is 1. The molecule has 5 nitrogen and oxygen atoms in total. The van der Waals surface area contributed by atoms with Gasteiger partial charge in [0.15, 0.2) is 5.78 Å². The third kappa shape index (κ3) is 4.46. The topological polar surface area (TPSA) is 55.8 Å². The number of ketones is 1. The predicted molar refractivity (Wildman–Crippen MR) is 115 cm³/mol. The lowest BCUT2D eigenvalue weighted by Crippen LogP contribution is -2.52. The maximum absolute atomic E-state index is 12.7. The number of hydrogen-bond acceptors (Lipinski definition) is 4. The SMILES string of the molecule is Cc1cc2c(cc1Cl)C(=O)CC1(CCN(C(=O)CCCOc3ccccc3)CC1)O2. The van der Waals surface area contributed by atoms with Crippen LogP contribution in [-0.4, -0.2) is 41.9 Å². The highest BCUT2D eigenvalue weighted by molar-refractivity contribution is 6.31. The summed E-state index contributed by atoms with van der Waals surface area (Å²) in [5, 5.41) is 0.582. The quantitative estimate of drug-likeness (QED) is 0.641. The maximum atomic E-state index is 12.7. The number of rotatable bonds is 5. The molecule has 0 N–H and O–H groups in total. The Morgan fingerprint density at radius 2 is 1.93 bits per heavy atom. The standard InChI is InChI=1S/C24H26ClNO4/c1-17-14-22-19(15-20(17)25)21(27)16-24(30-22)9-11-26(12-10-24)23(28)8-5-13-29-18-6-3-2-4-7-18/h2-4,6-7,14-15H,5,8-13,16H2,1H3. The maximum Gasteiger partial charge on any atom is 0.222 e. The summed E-state index contributed by atoms with van der Waals surface area (Å²) in [5.41, 5.74) is 0.941. The Morgan fingerprint density at radius 1 is 1.20 bits per heavy atom. The van der Waals surface area contributed by atoms with Crippen LogP contribution < -0.4 is 9.47 Å². The minimum Gasteiger partial charge on any atom is -0.494 e. The molecule has 0 aromatic heterocycles. The second-order valence-corrected chi connectivity index (χ2v) is 8.54. The van der Waals surface area contributed by atoms with Gasteiger partial charge in [-0.25, -0.2) is 0 Å². The number of Topliss-reactive ketones (excluding diaryl/α,β-unsaturated/α-hetero) is 1. The van der Waals surface area contributed by atoms with Crippen molar-refractivity contribution in [3.63, 3.8) is 0 Å². The van der Waals surface area contributed by atoms with Crippen molar-refractivity contribution in [2.45, 2.75) is 44.6 Å². The van der Waals surface area contributed by atoms with Crippen molar-refractivity contribution in [2.24, 2.45) is 0 Å². The molecule has 1 spiro atoms. The first-order chi connectivity index (χ1) is 14.5. The average Bonchev–Trinajstić information content (AvgIpc) is 2.74. The molecule has 0 saturated carbocycles. The fourth-order valence-electron chi connectivity index (χ4n) is 4.15. The van der Waals surface area contributed by atoms with Crippen LogP contribution in [0.4, 0.5) is 0 Å². The highest BCUT2D eigenvalue weighted by Crippen LogP contribution is 2.41. The summed E-state index contributed by atoms with van der Waals surface area (Å²) in [6.45, 7) is 3.63. The first-order valence-corrected chi connectivity index (χ1v) is 10.8. The van der Waals surface area contributed by atoms with E-state index in [1.807, 2.05) is 48.2 Å². The van der Waals surface area contributed by atoms with Gasteiger partial charge in [0.05, 0.1) is 18.6 Å². The molecular formula is C24H26ClNO4. The van der Waals surface area contributed by atoms with Gasteiger partial charge in [0.25, 0.3) is 0 Å². The van der Waals surface area contributed by atoms with Crippen LogP contribution in [0, 0.1) is 6.92 Å². The first-order valence-electron chi connectivity index (χ1n) is 10.4. The van der Waals surface area contributed by atoms with Crippen LogP contribution in [0.3, 0.4) is 0 Å². The Balaban J connectivity index is 1.28. The Bertz CT molecular complexity index is 936. The number of piperidine rings is 1. The molecule has 6 heteroatoms. The van der Waals surface area contributed by atoms with Crippen LogP contribution in [0.2, 0.25) is 5.02 Å². The summed E-state index contributed by atoms with van der Waals surface area (Å²) >= 11 is 6.17. The lowest BCUT2D eigenvalue weighted by atomic mass is 9.82. The smallest absolute Gasteiger partial charge is 0.222 e. The van der Waals surface area contributed by atoms with E-state index in [1.54, 1.807) is 6.07 Å². The van der Waals surface area contributed by atoms with Gasteiger partial charge in [-0.1, -0.05) is 29.8 Å². The lowest BCUT2D eigenvalue weighted by Gasteiger charge is -2.44. The number of fused-ring (bicyclic) bond motifs is 1. The van der Waals surface area contributed by atoms with Gasteiger partial charge in [-0.3, -0.25) is 9.59 Å². The van der Waals surface area contributed by atoms with Gasteiger partial charge in [-0.2, -0.15) is 0 Å². The normalized spacial score (nSPS) is 17.4. The number of benzene rings is 2. The van der Waals surface area contributed by atoms with Crippen molar-refractivity contribution in [3.05, 3.63) is 58.6 Å². The molecule has 30 heavy (non-hydrogen) atoms. The highest BCUT2D eigenvalue weighted by atomic mass is 35.5. The van der Waals surface area contributed by atoms with Gasteiger partial charge >= 0.3 is 0 Å². The van der Waals surface area contributed by atoms with E-state index in [2.05, 4.69) is 0 Å². The third-order valence-electron chi connectivity index (χ3n) is 5.94. The van der Waals surface area contributed by atoms with Crippen LogP contribution in [0.1, 0.15) is 48.0 Å². The summed E-state index contributed by atoms with van der Waals surface area (Å²) < 4.78 is 12.0. The highest BCUT2D eigenvalue weighted by Gasteiger charge is 2.43. The minimum absolute atomic E-state index is 0.0657. The summed E-state index contributed by atoms with van der Waals surface area (Å²) in [5.74, 6) is 1.63. The molecule has 0 unspecified atom stereocenters. The number of carbonyl (C=O) groups excluding carboxylic acids is 2. The van der Waals surface area contributed by atoms with Crippen LogP contribution in [0.15, 0.2) is 42.5 Å². The predicted octanol–water partition coefficient (Wildman–Crippen LogP) is 4.83. The number of para-hydroxylation sites is 1. The van der Waals surface area contributed by atoms with Gasteiger partial charge in [-0.05, 0) is 43.2 Å². The fourth-order valence-corrected chi connectivity index (χ4v) is 4.31. The molecule has 2 aliphatic rings. The Kier molecular flexibility index (Phi) is 6.00. The van der Waals surface area contributed by atoms with Crippen molar-refractivity contribution in [1.29, 1.82) is 0 Å². The Hall–Kier alpha value is -2.53. The van der Waals surface area contributed by atoms with E-state index in [0.29, 0.717) is 68.1 Å². The summed E-state index contributed by atoms with van der Waals surface area (Å²) in [6, 6.07) is 13.2. The van der Waals surface area contributed by atoms with Crippen molar-refractivity contribution < 1.29 is 19.1 Å². The molecule has 0 aliphatic carbocycles. The molecule has 1 amide bonds. The van der Waals surface area contributed by atoms with E-state index >= 15 is 0 Å². The van der Waals surface area contributed by atoms with Gasteiger partial charge in [-0.15, -0.1) is 0 Å². The van der Waals surface area contributed by atoms with E-state index < -0.39 is 5.60 Å². The van der Waals surface area contributed by atoms with Crippen LogP contribution in [-0.2, 0) is 4.79 Å². The van der Waals surface area contributed by atoms with Crippen molar-refractivity contribution in [1.82, 2.24) is 4.90 Å². The number of carbonyl (C=O) groups is 2. The van der Waals surface area contributed by atoms with Crippen molar-refractivity contribution >= 4 is 23.3 Å². The van der Waals surface area contributed by atoms with E-state index in [1.165, 1.54) is 0 Å². The molecule has 158 valence electrons. The van der Waals surface area contributed by atoms with Crippen molar-refractivity contribution in [2.75, 3.05) is 19.7 Å². The van der Waals surface area contributed by atoms with E-state index in [9.17, 15) is 9.59 Å². The summed E-state index contributed by atoms with van der Waals surface area (Å²) in [4.78, 5) is 27.1. The molecule has 4 rings (SSSR count). The number of halogens is 1. The van der Waals surface area contributed by atoms with E-state index in [4.69, 9.17) is 21.1 Å². The van der Waals surface area contributed by atoms with Gasteiger partial charge < -0.3 is 14.4 Å². The van der Waals surface area contributed by atoms with E-state index in [-0.39, 0.29) is 11.7 Å². The molecule has 1 fully saturated rings. The number of nitrogens with zero attached hydrogens (tertiary/aromatic N) is 1. The van der Waals surface area contributed by atoms with Crippen LogP contribution >= 0.6 is 11.6 Å². The third-order valence-corrected chi connectivity index (χ3v) is 6.35. The summed E-state index contributed by atoms with van der Waals surface area (Å²) in [7, 11) is 0.